The van der Waals surface area contributed by atoms with Crippen LogP contribution in [0.5, 0.6) is 0 Å². The molecule has 0 saturated carbocycles. The van der Waals surface area contributed by atoms with Gasteiger partial charge in [-0.2, -0.15) is 0 Å². The van der Waals surface area contributed by atoms with Gasteiger partial charge in [-0.15, -0.1) is 0 Å². The molecule has 1 aliphatic rings. The number of carbonyl (C=O) groups excluding carboxylic acids is 1. The average Bonchev–Trinajstić information content (AvgIpc) is 2.31. The van der Waals surface area contributed by atoms with Crippen molar-refractivity contribution in [3.63, 3.8) is 0 Å². The summed E-state index contributed by atoms with van der Waals surface area (Å²) in [5, 5.41) is 3.27. The van der Waals surface area contributed by atoms with Gasteiger partial charge in [0.05, 0.1) is 0 Å². The number of nitrogens with two attached hydrogens (primary N) is 1. The van der Waals surface area contributed by atoms with Gasteiger partial charge in [0, 0.05) is 19.1 Å². The first kappa shape index (κ1) is 10.5. The Morgan fingerprint density at radius 1 is 1.62 bits per heavy atom. The van der Waals surface area contributed by atoms with Crippen LogP contribution in [0, 0.1) is 0 Å². The second-order valence-electron chi connectivity index (χ2n) is 4.23. The highest BCUT2D eigenvalue weighted by Gasteiger charge is 2.42. The standard InChI is InChI=1S/C9H19N3O/c1-7(2)11-9(8(10)13)4-5-12(3)6-9/h7,11H,4-6H2,1-3H3,(H2,10,13). The molecule has 0 radical (unpaired) electrons. The van der Waals surface area contributed by atoms with Gasteiger partial charge in [-0.3, -0.25) is 10.1 Å². The van der Waals surface area contributed by atoms with Crippen LogP contribution >= 0.6 is 0 Å². The minimum absolute atomic E-state index is 0.231. The molecule has 13 heavy (non-hydrogen) atoms. The van der Waals surface area contributed by atoms with E-state index < -0.39 is 5.54 Å². The zero-order valence-electron chi connectivity index (χ0n) is 8.63. The Morgan fingerprint density at radius 3 is 2.54 bits per heavy atom. The Labute approximate surface area is 79.5 Å². The maximum absolute atomic E-state index is 11.3. The Morgan fingerprint density at radius 2 is 2.23 bits per heavy atom. The molecule has 0 aromatic heterocycles. The van der Waals surface area contributed by atoms with Gasteiger partial charge in [0.1, 0.15) is 5.54 Å². The van der Waals surface area contributed by atoms with Crippen molar-refractivity contribution in [2.24, 2.45) is 5.73 Å². The lowest BCUT2D eigenvalue weighted by atomic mass is 9.97. The summed E-state index contributed by atoms with van der Waals surface area (Å²) >= 11 is 0. The molecule has 0 bridgehead atoms. The third kappa shape index (κ3) is 2.19. The number of hydrogen-bond donors (Lipinski definition) is 2. The summed E-state index contributed by atoms with van der Waals surface area (Å²) < 4.78 is 0. The van der Waals surface area contributed by atoms with Crippen LogP contribution < -0.4 is 11.1 Å². The van der Waals surface area contributed by atoms with Crippen molar-refractivity contribution in [2.75, 3.05) is 20.1 Å². The van der Waals surface area contributed by atoms with E-state index >= 15 is 0 Å². The lowest BCUT2D eigenvalue weighted by Gasteiger charge is -2.29. The second kappa shape index (κ2) is 3.64. The Kier molecular flexibility index (Phi) is 2.93. The molecule has 4 nitrogen and oxygen atoms in total. The summed E-state index contributed by atoms with van der Waals surface area (Å²) in [4.78, 5) is 13.5. The minimum atomic E-state index is -0.497. The second-order valence-corrected chi connectivity index (χ2v) is 4.23. The average molecular weight is 185 g/mol. The SMILES string of the molecule is CC(C)NC1(C(N)=O)CCN(C)C1. The molecule has 1 atom stereocenters. The maximum atomic E-state index is 11.3. The van der Waals surface area contributed by atoms with Gasteiger partial charge in [-0.1, -0.05) is 0 Å². The zero-order chi connectivity index (χ0) is 10.1. The first-order valence-electron chi connectivity index (χ1n) is 4.72. The van der Waals surface area contributed by atoms with E-state index in [1.54, 1.807) is 0 Å². The normalized spacial score (nSPS) is 29.8. The van der Waals surface area contributed by atoms with Crippen molar-refractivity contribution in [3.8, 4) is 0 Å². The number of nitrogens with zero attached hydrogens (tertiary/aromatic N) is 1. The molecular weight excluding hydrogens is 166 g/mol. The Balaban J connectivity index is 2.71. The number of primary amides is 1. The molecule has 3 N–H and O–H groups in total. The molecule has 4 heteroatoms. The van der Waals surface area contributed by atoms with E-state index in [9.17, 15) is 4.79 Å². The summed E-state index contributed by atoms with van der Waals surface area (Å²) in [7, 11) is 2.01. The highest BCUT2D eigenvalue weighted by molar-refractivity contribution is 5.85. The summed E-state index contributed by atoms with van der Waals surface area (Å²) in [5.74, 6) is -0.231. The van der Waals surface area contributed by atoms with Crippen molar-refractivity contribution < 1.29 is 4.79 Å². The highest BCUT2D eigenvalue weighted by atomic mass is 16.1. The van der Waals surface area contributed by atoms with Gasteiger partial charge in [0.15, 0.2) is 0 Å². The van der Waals surface area contributed by atoms with Crippen molar-refractivity contribution >= 4 is 5.91 Å². The molecule has 0 aromatic rings. The summed E-state index contributed by atoms with van der Waals surface area (Å²) in [6.45, 7) is 5.72. The van der Waals surface area contributed by atoms with Gasteiger partial charge in [0.2, 0.25) is 5.91 Å². The summed E-state index contributed by atoms with van der Waals surface area (Å²) in [5.41, 5.74) is 4.92. The Bertz CT molecular complexity index is 205. The Hall–Kier alpha value is -0.610. The van der Waals surface area contributed by atoms with E-state index in [0.29, 0.717) is 6.04 Å². The van der Waals surface area contributed by atoms with Crippen molar-refractivity contribution in [1.82, 2.24) is 10.2 Å². The van der Waals surface area contributed by atoms with Gasteiger partial charge in [-0.05, 0) is 27.3 Å². The number of nitrogens with one attached hydrogen (secondary N) is 1. The molecule has 1 rings (SSSR count). The van der Waals surface area contributed by atoms with E-state index in [0.717, 1.165) is 19.5 Å². The molecule has 1 fully saturated rings. The van der Waals surface area contributed by atoms with E-state index in [1.807, 2.05) is 20.9 Å². The molecule has 1 unspecified atom stereocenters. The molecule has 76 valence electrons. The van der Waals surface area contributed by atoms with Crippen LogP contribution in [0.25, 0.3) is 0 Å². The zero-order valence-corrected chi connectivity index (χ0v) is 8.63. The van der Waals surface area contributed by atoms with Crippen molar-refractivity contribution in [3.05, 3.63) is 0 Å². The quantitative estimate of drug-likeness (QED) is 0.626. The lowest BCUT2D eigenvalue weighted by Crippen LogP contribution is -2.59. The van der Waals surface area contributed by atoms with Gasteiger partial charge >= 0.3 is 0 Å². The van der Waals surface area contributed by atoms with Crippen LogP contribution in [0.1, 0.15) is 20.3 Å². The minimum Gasteiger partial charge on any atom is -0.368 e. The molecule has 0 aromatic carbocycles. The predicted octanol–water partition coefficient (Wildman–Crippen LogP) is -0.456. The van der Waals surface area contributed by atoms with Crippen LogP contribution in [0.3, 0.4) is 0 Å². The van der Waals surface area contributed by atoms with Crippen LogP contribution in [0.15, 0.2) is 0 Å². The van der Waals surface area contributed by atoms with Crippen LogP contribution in [0.2, 0.25) is 0 Å². The number of likely N-dealkylation sites (tertiary alicyclic amines) is 1. The van der Waals surface area contributed by atoms with E-state index in [2.05, 4.69) is 10.2 Å². The monoisotopic (exact) mass is 185 g/mol. The largest absolute Gasteiger partial charge is 0.368 e. The summed E-state index contributed by atoms with van der Waals surface area (Å²) in [6.07, 6.45) is 0.816. The van der Waals surface area contributed by atoms with Gasteiger partial charge in [-0.25, -0.2) is 0 Å². The summed E-state index contributed by atoms with van der Waals surface area (Å²) in [6, 6.07) is 0.291. The maximum Gasteiger partial charge on any atom is 0.239 e. The fourth-order valence-corrected chi connectivity index (χ4v) is 1.94. The first-order valence-corrected chi connectivity index (χ1v) is 4.72. The predicted molar refractivity (Wildman–Crippen MR) is 52.3 cm³/mol. The third-order valence-corrected chi connectivity index (χ3v) is 2.50. The van der Waals surface area contributed by atoms with Crippen LogP contribution in [0.4, 0.5) is 0 Å². The molecule has 1 saturated heterocycles. The van der Waals surface area contributed by atoms with Gasteiger partial charge < -0.3 is 10.6 Å². The molecule has 1 aliphatic heterocycles. The van der Waals surface area contributed by atoms with E-state index in [4.69, 9.17) is 5.73 Å². The number of rotatable bonds is 3. The van der Waals surface area contributed by atoms with Gasteiger partial charge in [0.25, 0.3) is 0 Å². The lowest BCUT2D eigenvalue weighted by molar-refractivity contribution is -0.124. The smallest absolute Gasteiger partial charge is 0.239 e. The number of carbonyl (C=O) groups is 1. The van der Waals surface area contributed by atoms with E-state index in [1.165, 1.54) is 0 Å². The first-order chi connectivity index (χ1) is 5.96. The molecular formula is C9H19N3O. The fraction of sp³-hybridized carbons (Fsp3) is 0.889. The number of amides is 1. The molecule has 0 aliphatic carbocycles. The van der Waals surface area contributed by atoms with Crippen molar-refractivity contribution in [2.45, 2.75) is 31.8 Å². The topological polar surface area (TPSA) is 58.4 Å². The van der Waals surface area contributed by atoms with Crippen LogP contribution in [-0.2, 0) is 4.79 Å². The van der Waals surface area contributed by atoms with Crippen LogP contribution in [-0.4, -0.2) is 42.5 Å². The molecule has 1 heterocycles. The molecule has 0 spiro atoms. The number of likely N-dealkylation sites (N-methyl/N-ethyl adjacent to an activating group) is 1. The molecule has 1 amide bonds. The fourth-order valence-electron chi connectivity index (χ4n) is 1.94. The third-order valence-electron chi connectivity index (χ3n) is 2.50. The van der Waals surface area contributed by atoms with E-state index in [-0.39, 0.29) is 5.91 Å². The highest BCUT2D eigenvalue weighted by Crippen LogP contribution is 2.20. The number of hydrogen-bond acceptors (Lipinski definition) is 3. The van der Waals surface area contributed by atoms with Crippen molar-refractivity contribution in [1.29, 1.82) is 0 Å².